The molecule has 1 saturated heterocycles. The summed E-state index contributed by atoms with van der Waals surface area (Å²) in [6, 6.07) is 10.5. The molecule has 2 unspecified atom stereocenters. The molecule has 1 aliphatic rings. The Morgan fingerprint density at radius 3 is 2.75 bits per heavy atom. The molecule has 1 aliphatic heterocycles. The smallest absolute Gasteiger partial charge is 0.345 e. The van der Waals surface area contributed by atoms with Crippen molar-refractivity contribution >= 4 is 22.3 Å². The number of anilines is 1. The van der Waals surface area contributed by atoms with Crippen molar-refractivity contribution in [2.75, 3.05) is 18.0 Å². The van der Waals surface area contributed by atoms with Gasteiger partial charge >= 0.3 is 5.63 Å². The summed E-state index contributed by atoms with van der Waals surface area (Å²) in [5, 5.41) is 4.41. The number of imidazole rings is 1. The molecule has 7 heteroatoms. The van der Waals surface area contributed by atoms with Gasteiger partial charge < -0.3 is 14.6 Å². The Morgan fingerprint density at radius 2 is 1.96 bits per heavy atom. The molecule has 0 radical (unpaired) electrons. The number of nitrogens with one attached hydrogen (secondary N) is 1. The molecule has 142 valence electrons. The van der Waals surface area contributed by atoms with Gasteiger partial charge in [0.1, 0.15) is 17.6 Å². The van der Waals surface area contributed by atoms with Crippen LogP contribution in [0, 0.1) is 0 Å². The molecule has 4 aromatic rings. The Morgan fingerprint density at radius 1 is 1.14 bits per heavy atom. The first kappa shape index (κ1) is 16.9. The van der Waals surface area contributed by atoms with Gasteiger partial charge in [0.15, 0.2) is 0 Å². The number of nitrogens with zero attached hydrogens (tertiary/aromatic N) is 4. The predicted molar refractivity (Wildman–Crippen MR) is 109 cm³/mol. The minimum Gasteiger partial charge on any atom is -0.422 e. The Labute approximate surface area is 161 Å². The Kier molecular flexibility index (Phi) is 3.91. The van der Waals surface area contributed by atoms with E-state index in [9.17, 15) is 4.79 Å². The fourth-order valence-electron chi connectivity index (χ4n) is 3.99. The molecule has 0 spiro atoms. The van der Waals surface area contributed by atoms with E-state index >= 15 is 0 Å². The zero-order valence-electron chi connectivity index (χ0n) is 15.8. The molecule has 1 fully saturated rings. The number of aromatic nitrogens is 3. The number of hydrogen-bond donors (Lipinski definition) is 1. The van der Waals surface area contributed by atoms with E-state index < -0.39 is 0 Å². The summed E-state index contributed by atoms with van der Waals surface area (Å²) in [4.78, 5) is 23.5. The molecule has 4 heterocycles. The molecular formula is C21H21N5O2. The van der Waals surface area contributed by atoms with Gasteiger partial charge in [-0.2, -0.15) is 0 Å². The highest BCUT2D eigenvalue weighted by molar-refractivity contribution is 5.84. The van der Waals surface area contributed by atoms with Crippen LogP contribution in [0.25, 0.3) is 27.9 Å². The molecule has 0 saturated carbocycles. The van der Waals surface area contributed by atoms with Crippen LogP contribution >= 0.6 is 0 Å². The second-order valence-corrected chi connectivity index (χ2v) is 7.52. The van der Waals surface area contributed by atoms with E-state index in [0.717, 1.165) is 29.8 Å². The van der Waals surface area contributed by atoms with Crippen LogP contribution in [0.1, 0.15) is 13.8 Å². The summed E-state index contributed by atoms with van der Waals surface area (Å²) in [6.45, 7) is 6.21. The van der Waals surface area contributed by atoms with E-state index in [1.54, 1.807) is 29.2 Å². The van der Waals surface area contributed by atoms with Gasteiger partial charge in [-0.25, -0.2) is 14.8 Å². The van der Waals surface area contributed by atoms with Crippen molar-refractivity contribution in [3.8, 4) is 11.3 Å². The zero-order chi connectivity index (χ0) is 19.3. The summed E-state index contributed by atoms with van der Waals surface area (Å²) in [5.74, 6) is 0. The van der Waals surface area contributed by atoms with Crippen LogP contribution in [0.15, 0.2) is 58.3 Å². The van der Waals surface area contributed by atoms with Gasteiger partial charge in [0.2, 0.25) is 0 Å². The fraction of sp³-hybridized carbons (Fsp3) is 0.286. The zero-order valence-corrected chi connectivity index (χ0v) is 15.8. The van der Waals surface area contributed by atoms with Crippen molar-refractivity contribution in [3.63, 3.8) is 0 Å². The summed E-state index contributed by atoms with van der Waals surface area (Å²) in [6.07, 6.45) is 5.13. The minimum absolute atomic E-state index is 0.386. The fourth-order valence-corrected chi connectivity index (χ4v) is 3.99. The van der Waals surface area contributed by atoms with Gasteiger partial charge in [-0.1, -0.05) is 0 Å². The van der Waals surface area contributed by atoms with Crippen LogP contribution in [-0.4, -0.2) is 39.5 Å². The molecule has 3 aromatic heterocycles. The first-order valence-electron chi connectivity index (χ1n) is 9.45. The van der Waals surface area contributed by atoms with Crippen LogP contribution in [0.4, 0.5) is 5.69 Å². The molecule has 0 amide bonds. The highest BCUT2D eigenvalue weighted by Crippen LogP contribution is 2.26. The summed E-state index contributed by atoms with van der Waals surface area (Å²) >= 11 is 0. The molecule has 1 aromatic carbocycles. The Balaban J connectivity index is 1.55. The van der Waals surface area contributed by atoms with Crippen LogP contribution in [0.3, 0.4) is 0 Å². The van der Waals surface area contributed by atoms with Crippen LogP contribution in [0.5, 0.6) is 0 Å². The normalized spacial score (nSPS) is 20.1. The third-order valence-electron chi connectivity index (χ3n) is 5.18. The second kappa shape index (κ2) is 6.45. The summed E-state index contributed by atoms with van der Waals surface area (Å²) < 4.78 is 7.45. The SMILES string of the molecule is CC1CN(c2ccc3cc(-c4cn5cnccc5n4)c(=O)oc3c2)CC(C)N1. The summed E-state index contributed by atoms with van der Waals surface area (Å²) in [7, 11) is 0. The lowest BCUT2D eigenvalue weighted by Crippen LogP contribution is -2.54. The minimum atomic E-state index is -0.386. The van der Waals surface area contributed by atoms with Gasteiger partial charge in [-0.05, 0) is 38.1 Å². The van der Waals surface area contributed by atoms with Gasteiger partial charge in [-0.15, -0.1) is 0 Å². The van der Waals surface area contributed by atoms with Gasteiger partial charge in [0.05, 0.1) is 11.3 Å². The maximum atomic E-state index is 12.6. The molecule has 7 nitrogen and oxygen atoms in total. The van der Waals surface area contributed by atoms with E-state index in [4.69, 9.17) is 4.42 Å². The van der Waals surface area contributed by atoms with E-state index in [-0.39, 0.29) is 5.63 Å². The average molecular weight is 375 g/mol. The maximum Gasteiger partial charge on any atom is 0.345 e. The van der Waals surface area contributed by atoms with Crippen LogP contribution < -0.4 is 15.8 Å². The van der Waals surface area contributed by atoms with E-state index in [2.05, 4.69) is 40.1 Å². The number of benzene rings is 1. The number of rotatable bonds is 2. The average Bonchev–Trinajstić information content (AvgIpc) is 3.10. The van der Waals surface area contributed by atoms with Crippen molar-refractivity contribution in [2.24, 2.45) is 0 Å². The lowest BCUT2D eigenvalue weighted by Gasteiger charge is -2.37. The topological polar surface area (TPSA) is 75.7 Å². The van der Waals surface area contributed by atoms with Crippen LogP contribution in [-0.2, 0) is 0 Å². The molecule has 0 bridgehead atoms. The third kappa shape index (κ3) is 2.93. The molecule has 5 rings (SSSR count). The van der Waals surface area contributed by atoms with Gasteiger partial charge in [-0.3, -0.25) is 4.40 Å². The second-order valence-electron chi connectivity index (χ2n) is 7.52. The Hall–Kier alpha value is -3.19. The van der Waals surface area contributed by atoms with Crippen molar-refractivity contribution < 1.29 is 4.42 Å². The first-order valence-corrected chi connectivity index (χ1v) is 9.45. The quantitative estimate of drug-likeness (QED) is 0.543. The van der Waals surface area contributed by atoms with Gasteiger partial charge in [0.25, 0.3) is 0 Å². The van der Waals surface area contributed by atoms with Crippen molar-refractivity contribution in [3.05, 3.63) is 59.5 Å². The predicted octanol–water partition coefficient (Wildman–Crippen LogP) is 2.69. The molecule has 2 atom stereocenters. The first-order chi connectivity index (χ1) is 13.6. The van der Waals surface area contributed by atoms with Gasteiger partial charge in [0, 0.05) is 54.7 Å². The molecule has 0 aliphatic carbocycles. The number of piperazine rings is 1. The van der Waals surface area contributed by atoms with Crippen molar-refractivity contribution in [1.82, 2.24) is 19.7 Å². The number of fused-ring (bicyclic) bond motifs is 2. The molecule has 1 N–H and O–H groups in total. The highest BCUT2D eigenvalue weighted by Gasteiger charge is 2.21. The third-order valence-corrected chi connectivity index (χ3v) is 5.18. The van der Waals surface area contributed by atoms with Crippen LogP contribution in [0.2, 0.25) is 0 Å². The number of hydrogen-bond acceptors (Lipinski definition) is 6. The summed E-state index contributed by atoms with van der Waals surface area (Å²) in [5.41, 5.74) is 3.05. The van der Waals surface area contributed by atoms with E-state index in [1.165, 1.54) is 0 Å². The van der Waals surface area contributed by atoms with E-state index in [1.807, 2.05) is 18.2 Å². The lowest BCUT2D eigenvalue weighted by molar-refractivity contribution is 0.407. The highest BCUT2D eigenvalue weighted by atomic mass is 16.4. The Bertz CT molecular complexity index is 1190. The molecule has 28 heavy (non-hydrogen) atoms. The maximum absolute atomic E-state index is 12.6. The lowest BCUT2D eigenvalue weighted by atomic mass is 10.1. The van der Waals surface area contributed by atoms with Crippen molar-refractivity contribution in [2.45, 2.75) is 25.9 Å². The largest absolute Gasteiger partial charge is 0.422 e. The van der Waals surface area contributed by atoms with E-state index in [0.29, 0.717) is 28.9 Å². The molecular weight excluding hydrogens is 354 g/mol. The van der Waals surface area contributed by atoms with Crippen molar-refractivity contribution in [1.29, 1.82) is 0 Å². The standard InChI is InChI=1S/C21H21N5O2/c1-13-9-25(10-14(2)23-13)16-4-3-15-7-17(21(27)28-19(15)8-16)18-11-26-12-22-6-5-20(26)24-18/h3-8,11-14,23H,9-10H2,1-2H3. The monoisotopic (exact) mass is 375 g/mol.